The van der Waals surface area contributed by atoms with Crippen molar-refractivity contribution in [1.82, 2.24) is 0 Å². The molecule has 0 heterocycles. The lowest BCUT2D eigenvalue weighted by Crippen LogP contribution is -2.62. The molecular weight excluding hydrogens is 432 g/mol. The number of rotatable bonds is 6. The van der Waals surface area contributed by atoms with Crippen LogP contribution in [0, 0.1) is 40.4 Å². The van der Waals surface area contributed by atoms with E-state index in [9.17, 15) is 24.6 Å². The van der Waals surface area contributed by atoms with Crippen LogP contribution in [0.2, 0.25) is 0 Å². The van der Waals surface area contributed by atoms with Crippen molar-refractivity contribution in [3.63, 3.8) is 0 Å². The molecule has 190 valence electrons. The van der Waals surface area contributed by atoms with Crippen molar-refractivity contribution in [3.8, 4) is 0 Å². The van der Waals surface area contributed by atoms with Crippen LogP contribution >= 0.6 is 0 Å². The van der Waals surface area contributed by atoms with Gasteiger partial charge in [0.05, 0.1) is 12.0 Å². The second-order valence-electron chi connectivity index (χ2n) is 12.3. The summed E-state index contributed by atoms with van der Waals surface area (Å²) in [6.07, 6.45) is 6.16. The minimum atomic E-state index is -1.61. The zero-order valence-electron chi connectivity index (χ0n) is 21.4. The molecular formula is C28H42O6. The molecule has 34 heavy (non-hydrogen) atoms. The second-order valence-corrected chi connectivity index (χ2v) is 12.3. The summed E-state index contributed by atoms with van der Waals surface area (Å²) in [5, 5.41) is 23.2. The summed E-state index contributed by atoms with van der Waals surface area (Å²) in [7, 11) is 0. The number of carbonyl (C=O) groups excluding carboxylic acids is 3. The third kappa shape index (κ3) is 3.71. The Morgan fingerprint density at radius 3 is 2.53 bits per heavy atom. The molecule has 3 saturated carbocycles. The lowest BCUT2D eigenvalue weighted by atomic mass is 9.45. The molecule has 0 amide bonds. The minimum Gasteiger partial charge on any atom is -0.457 e. The SMILES string of the molecule is CC[C@@H](C(=O)OCC(=O)[C@@]1(O)CC[C@H]2[C@@H]3CCC4=CC(=O)CC[C@]4(C)[C@H]3[C@@H](O)C[C@@]21C)C(C)C. The Kier molecular flexibility index (Phi) is 6.65. The van der Waals surface area contributed by atoms with Crippen molar-refractivity contribution < 1.29 is 29.3 Å². The van der Waals surface area contributed by atoms with E-state index in [1.54, 1.807) is 0 Å². The number of fused-ring (bicyclic) bond motifs is 5. The highest BCUT2D eigenvalue weighted by molar-refractivity contribution is 5.92. The summed E-state index contributed by atoms with van der Waals surface area (Å²) in [6, 6.07) is 0. The number of allylic oxidation sites excluding steroid dienone is 1. The summed E-state index contributed by atoms with van der Waals surface area (Å²) < 4.78 is 5.40. The third-order valence-corrected chi connectivity index (χ3v) is 10.4. The molecule has 0 aromatic carbocycles. The zero-order valence-corrected chi connectivity index (χ0v) is 21.4. The molecule has 6 heteroatoms. The van der Waals surface area contributed by atoms with Gasteiger partial charge in [0.2, 0.25) is 5.78 Å². The van der Waals surface area contributed by atoms with Crippen molar-refractivity contribution in [2.45, 2.75) is 97.7 Å². The molecule has 0 spiro atoms. The van der Waals surface area contributed by atoms with E-state index in [0.29, 0.717) is 25.7 Å². The standard InChI is InChI=1S/C28H42O6/c1-6-19(16(2)3)25(32)34-15-23(31)28(33)12-10-21-20-8-7-17-13-18(29)9-11-26(17,4)24(20)22(30)14-27(21,28)5/h13,16,19-22,24,30,33H,6-12,14-15H2,1-5H3/t19-,20+,21+,22+,24-,26+,27+,28+/m1/s1. The summed E-state index contributed by atoms with van der Waals surface area (Å²) in [4.78, 5) is 37.9. The van der Waals surface area contributed by atoms with E-state index in [0.717, 1.165) is 25.7 Å². The maximum atomic E-state index is 13.4. The monoisotopic (exact) mass is 474 g/mol. The summed E-state index contributed by atoms with van der Waals surface area (Å²) in [6.45, 7) is 9.57. The average Bonchev–Trinajstić information content (AvgIpc) is 3.03. The number of esters is 1. The minimum absolute atomic E-state index is 0.0327. The number of ketones is 2. The van der Waals surface area contributed by atoms with Crippen LogP contribution in [0.25, 0.3) is 0 Å². The van der Waals surface area contributed by atoms with E-state index >= 15 is 0 Å². The van der Waals surface area contributed by atoms with E-state index in [-0.39, 0.29) is 46.8 Å². The Hall–Kier alpha value is -1.53. The molecule has 0 aromatic heterocycles. The third-order valence-electron chi connectivity index (χ3n) is 10.4. The van der Waals surface area contributed by atoms with Gasteiger partial charge >= 0.3 is 5.97 Å². The molecule has 2 N–H and O–H groups in total. The number of aliphatic hydroxyl groups is 2. The molecule has 0 aromatic rings. The maximum Gasteiger partial charge on any atom is 0.309 e. The highest BCUT2D eigenvalue weighted by Crippen LogP contribution is 2.67. The van der Waals surface area contributed by atoms with Crippen molar-refractivity contribution in [2.24, 2.45) is 40.4 Å². The first-order valence-corrected chi connectivity index (χ1v) is 13.2. The van der Waals surface area contributed by atoms with Gasteiger partial charge in [0.1, 0.15) is 5.60 Å². The number of carbonyl (C=O) groups is 3. The van der Waals surface area contributed by atoms with Crippen LogP contribution in [0.1, 0.15) is 86.0 Å². The van der Waals surface area contributed by atoms with Crippen LogP contribution in [-0.4, -0.2) is 46.1 Å². The zero-order chi connectivity index (χ0) is 25.1. The Labute approximate surface area is 203 Å². The molecule has 0 aliphatic heterocycles. The molecule has 3 fully saturated rings. The maximum absolute atomic E-state index is 13.4. The molecule has 8 atom stereocenters. The van der Waals surface area contributed by atoms with Gasteiger partial charge in [-0.1, -0.05) is 40.2 Å². The van der Waals surface area contributed by atoms with Crippen molar-refractivity contribution >= 4 is 17.5 Å². The summed E-state index contributed by atoms with van der Waals surface area (Å²) in [5.41, 5.74) is -1.41. The first-order valence-electron chi connectivity index (χ1n) is 13.2. The van der Waals surface area contributed by atoms with Gasteiger partial charge < -0.3 is 14.9 Å². The number of Topliss-reactive ketones (excluding diaryl/α,β-unsaturated/α-hetero) is 1. The van der Waals surface area contributed by atoms with Gasteiger partial charge in [-0.05, 0) is 80.1 Å². The number of hydrogen-bond acceptors (Lipinski definition) is 6. The van der Waals surface area contributed by atoms with E-state index < -0.39 is 29.5 Å². The molecule has 0 saturated heterocycles. The fraction of sp³-hybridized carbons (Fsp3) is 0.821. The van der Waals surface area contributed by atoms with E-state index in [1.165, 1.54) is 5.57 Å². The molecule has 6 nitrogen and oxygen atoms in total. The Morgan fingerprint density at radius 1 is 1.18 bits per heavy atom. The Bertz CT molecular complexity index is 891. The van der Waals surface area contributed by atoms with Crippen LogP contribution in [0.15, 0.2) is 11.6 Å². The van der Waals surface area contributed by atoms with Gasteiger partial charge in [-0.2, -0.15) is 0 Å². The highest BCUT2D eigenvalue weighted by Gasteiger charge is 2.68. The second kappa shape index (κ2) is 8.85. The molecule has 0 radical (unpaired) electrons. The van der Waals surface area contributed by atoms with E-state index in [2.05, 4.69) is 6.92 Å². The van der Waals surface area contributed by atoms with Crippen LogP contribution in [0.5, 0.6) is 0 Å². The van der Waals surface area contributed by atoms with Crippen molar-refractivity contribution in [2.75, 3.05) is 6.61 Å². The topological polar surface area (TPSA) is 101 Å². The van der Waals surface area contributed by atoms with Crippen LogP contribution < -0.4 is 0 Å². The van der Waals surface area contributed by atoms with Gasteiger partial charge in [0, 0.05) is 11.8 Å². The summed E-state index contributed by atoms with van der Waals surface area (Å²) >= 11 is 0. The van der Waals surface area contributed by atoms with Crippen molar-refractivity contribution in [1.29, 1.82) is 0 Å². The first-order chi connectivity index (χ1) is 15.9. The fourth-order valence-corrected chi connectivity index (χ4v) is 8.42. The number of hydrogen-bond donors (Lipinski definition) is 2. The summed E-state index contributed by atoms with van der Waals surface area (Å²) in [5.74, 6) is -0.454. The van der Waals surface area contributed by atoms with Gasteiger partial charge in [0.25, 0.3) is 0 Å². The van der Waals surface area contributed by atoms with Crippen LogP contribution in [0.4, 0.5) is 0 Å². The molecule has 0 unspecified atom stereocenters. The lowest BCUT2D eigenvalue weighted by Gasteiger charge is -2.60. The van der Waals surface area contributed by atoms with Gasteiger partial charge in [0.15, 0.2) is 12.4 Å². The van der Waals surface area contributed by atoms with E-state index in [4.69, 9.17) is 4.74 Å². The number of ether oxygens (including phenoxy) is 1. The lowest BCUT2D eigenvalue weighted by molar-refractivity contribution is -0.185. The average molecular weight is 475 g/mol. The highest BCUT2D eigenvalue weighted by atomic mass is 16.5. The van der Waals surface area contributed by atoms with Crippen molar-refractivity contribution in [3.05, 3.63) is 11.6 Å². The molecule has 0 bridgehead atoms. The largest absolute Gasteiger partial charge is 0.457 e. The Balaban J connectivity index is 1.55. The first kappa shape index (κ1) is 25.6. The molecule has 4 rings (SSSR count). The Morgan fingerprint density at radius 2 is 1.88 bits per heavy atom. The normalized spacial score (nSPS) is 42.4. The predicted molar refractivity (Wildman–Crippen MR) is 128 cm³/mol. The molecule has 4 aliphatic rings. The number of aliphatic hydroxyl groups excluding tert-OH is 1. The predicted octanol–water partition coefficient (Wildman–Crippen LogP) is 4.01. The van der Waals surface area contributed by atoms with Crippen LogP contribution in [0.3, 0.4) is 0 Å². The fourth-order valence-electron chi connectivity index (χ4n) is 8.42. The molecule has 4 aliphatic carbocycles. The van der Waals surface area contributed by atoms with Gasteiger partial charge in [-0.25, -0.2) is 0 Å². The quantitative estimate of drug-likeness (QED) is 0.564. The van der Waals surface area contributed by atoms with Gasteiger partial charge in [-0.3, -0.25) is 14.4 Å². The van der Waals surface area contributed by atoms with Crippen LogP contribution in [-0.2, 0) is 19.1 Å². The van der Waals surface area contributed by atoms with Gasteiger partial charge in [-0.15, -0.1) is 0 Å². The smallest absolute Gasteiger partial charge is 0.309 e. The van der Waals surface area contributed by atoms with E-state index in [1.807, 2.05) is 33.8 Å².